The van der Waals surface area contributed by atoms with E-state index in [9.17, 15) is 13.6 Å². The van der Waals surface area contributed by atoms with Crippen molar-refractivity contribution in [3.8, 4) is 6.07 Å². The molecule has 1 N–H and O–H groups in total. The average Bonchev–Trinajstić information content (AvgIpc) is 3.16. The third-order valence-electron chi connectivity index (χ3n) is 3.13. The summed E-state index contributed by atoms with van der Waals surface area (Å²) in [5.74, 6) is -0.467. The lowest BCUT2D eigenvalue weighted by Gasteiger charge is -2.07. The van der Waals surface area contributed by atoms with Gasteiger partial charge in [-0.3, -0.25) is 9.36 Å². The Morgan fingerprint density at radius 2 is 2.21 bits per heavy atom. The number of hydrogen-bond donors (Lipinski definition) is 1. The Hall–Kier alpha value is -2.44. The van der Waals surface area contributed by atoms with E-state index < -0.39 is 6.55 Å². The minimum Gasteiger partial charge on any atom is -0.316 e. The highest BCUT2D eigenvalue weighted by atomic mass is 32.2. The number of thioether (sulfide) groups is 1. The lowest BCUT2D eigenvalue weighted by molar-refractivity contribution is -0.113. The first-order chi connectivity index (χ1) is 11.6. The summed E-state index contributed by atoms with van der Waals surface area (Å²) < 4.78 is 27.4. The normalized spacial score (nSPS) is 10.9. The number of carbonyl (C=O) groups is 1. The number of imidazole rings is 1. The van der Waals surface area contributed by atoms with Gasteiger partial charge in [0.15, 0.2) is 5.16 Å². The van der Waals surface area contributed by atoms with Crippen LogP contribution in [0, 0.1) is 11.3 Å². The molecule has 0 fully saturated rings. The molecule has 1 amide bonds. The predicted molar refractivity (Wildman–Crippen MR) is 89.4 cm³/mol. The van der Waals surface area contributed by atoms with Crippen LogP contribution < -0.4 is 5.32 Å². The summed E-state index contributed by atoms with van der Waals surface area (Å²) in [5, 5.41) is 13.7. The SMILES string of the molecule is N#Cc1ccsc1NC(=O)CSc1nc2ccccc2n1C(F)F. The molecule has 2 aromatic heterocycles. The number of halogens is 2. The Kier molecular flexibility index (Phi) is 4.78. The summed E-state index contributed by atoms with van der Waals surface area (Å²) >= 11 is 2.16. The number of anilines is 1. The number of aromatic nitrogens is 2. The highest BCUT2D eigenvalue weighted by Crippen LogP contribution is 2.29. The highest BCUT2D eigenvalue weighted by Gasteiger charge is 2.19. The molecule has 1 aromatic carbocycles. The van der Waals surface area contributed by atoms with Crippen LogP contribution in [0.3, 0.4) is 0 Å². The van der Waals surface area contributed by atoms with Gasteiger partial charge in [-0.2, -0.15) is 14.0 Å². The van der Waals surface area contributed by atoms with Crippen molar-refractivity contribution < 1.29 is 13.6 Å². The molecule has 0 saturated heterocycles. The van der Waals surface area contributed by atoms with Gasteiger partial charge in [0, 0.05) is 0 Å². The van der Waals surface area contributed by atoms with Crippen LogP contribution in [-0.4, -0.2) is 21.2 Å². The number of rotatable bonds is 5. The van der Waals surface area contributed by atoms with Gasteiger partial charge in [0.2, 0.25) is 5.91 Å². The molecule has 0 bridgehead atoms. The molecule has 0 saturated carbocycles. The van der Waals surface area contributed by atoms with Crippen LogP contribution in [0.5, 0.6) is 0 Å². The molecule has 0 aliphatic heterocycles. The van der Waals surface area contributed by atoms with Crippen molar-refractivity contribution >= 4 is 45.0 Å². The number of hydrogen-bond acceptors (Lipinski definition) is 5. The number of benzene rings is 1. The second-order valence-electron chi connectivity index (χ2n) is 4.64. The Morgan fingerprint density at radius 1 is 1.42 bits per heavy atom. The van der Waals surface area contributed by atoms with Gasteiger partial charge < -0.3 is 5.32 Å². The first-order valence-electron chi connectivity index (χ1n) is 6.75. The third-order valence-corrected chi connectivity index (χ3v) is 4.91. The van der Waals surface area contributed by atoms with E-state index in [0.717, 1.165) is 16.3 Å². The lowest BCUT2D eigenvalue weighted by atomic mass is 10.3. The van der Waals surface area contributed by atoms with E-state index >= 15 is 0 Å². The molecule has 0 aliphatic rings. The van der Waals surface area contributed by atoms with E-state index in [0.29, 0.717) is 21.6 Å². The van der Waals surface area contributed by atoms with Crippen molar-refractivity contribution in [3.63, 3.8) is 0 Å². The third kappa shape index (κ3) is 3.25. The Labute approximate surface area is 143 Å². The minimum atomic E-state index is -2.74. The molecule has 0 radical (unpaired) electrons. The monoisotopic (exact) mass is 364 g/mol. The van der Waals surface area contributed by atoms with E-state index in [1.807, 2.05) is 6.07 Å². The molecule has 5 nitrogen and oxygen atoms in total. The molecule has 24 heavy (non-hydrogen) atoms. The van der Waals surface area contributed by atoms with Crippen LogP contribution in [0.4, 0.5) is 13.8 Å². The number of carbonyl (C=O) groups excluding carboxylic acids is 1. The standard InChI is InChI=1S/C15H10F2N4OS2/c16-14(17)21-11-4-2-1-3-10(11)19-15(21)24-8-12(22)20-13-9(7-18)5-6-23-13/h1-6,14H,8H2,(H,20,22). The second kappa shape index (κ2) is 6.98. The van der Waals surface area contributed by atoms with Crippen LogP contribution in [0.1, 0.15) is 12.1 Å². The summed E-state index contributed by atoms with van der Waals surface area (Å²) in [4.78, 5) is 16.1. The summed E-state index contributed by atoms with van der Waals surface area (Å²) in [6.45, 7) is -2.74. The average molecular weight is 364 g/mol. The Bertz CT molecular complexity index is 929. The van der Waals surface area contributed by atoms with Crippen molar-refractivity contribution in [1.29, 1.82) is 5.26 Å². The van der Waals surface area contributed by atoms with Crippen LogP contribution in [0.2, 0.25) is 0 Å². The lowest BCUT2D eigenvalue weighted by Crippen LogP contribution is -2.14. The van der Waals surface area contributed by atoms with Crippen molar-refractivity contribution in [2.75, 3.05) is 11.1 Å². The molecule has 0 atom stereocenters. The first-order valence-corrected chi connectivity index (χ1v) is 8.62. The number of thiophene rings is 1. The first kappa shape index (κ1) is 16.4. The highest BCUT2D eigenvalue weighted by molar-refractivity contribution is 7.99. The van der Waals surface area contributed by atoms with Gasteiger partial charge in [0.1, 0.15) is 11.1 Å². The van der Waals surface area contributed by atoms with E-state index in [2.05, 4.69) is 10.3 Å². The second-order valence-corrected chi connectivity index (χ2v) is 6.50. The number of alkyl halides is 2. The smallest absolute Gasteiger partial charge is 0.316 e. The maximum atomic E-state index is 13.3. The molecular weight excluding hydrogens is 354 g/mol. The molecule has 3 aromatic rings. The zero-order chi connectivity index (χ0) is 17.1. The molecule has 3 rings (SSSR count). The fraction of sp³-hybridized carbons (Fsp3) is 0.133. The topological polar surface area (TPSA) is 70.7 Å². The molecule has 122 valence electrons. The van der Waals surface area contributed by atoms with Crippen LogP contribution >= 0.6 is 23.1 Å². The van der Waals surface area contributed by atoms with Gasteiger partial charge in [0.05, 0.1) is 22.3 Å². The van der Waals surface area contributed by atoms with Crippen molar-refractivity contribution in [3.05, 3.63) is 41.3 Å². The van der Waals surface area contributed by atoms with E-state index in [1.54, 1.807) is 35.7 Å². The van der Waals surface area contributed by atoms with Crippen molar-refractivity contribution in [2.45, 2.75) is 11.7 Å². The summed E-state index contributed by atoms with van der Waals surface area (Å²) in [6, 6.07) is 10.1. The number of para-hydroxylation sites is 2. The number of amides is 1. The maximum absolute atomic E-state index is 13.3. The van der Waals surface area contributed by atoms with Gasteiger partial charge in [-0.05, 0) is 23.6 Å². The largest absolute Gasteiger partial charge is 0.321 e. The van der Waals surface area contributed by atoms with Gasteiger partial charge >= 0.3 is 6.55 Å². The zero-order valence-corrected chi connectivity index (χ0v) is 13.7. The number of nitriles is 1. The van der Waals surface area contributed by atoms with E-state index in [-0.39, 0.29) is 16.8 Å². The fourth-order valence-corrected chi connectivity index (χ4v) is 3.67. The molecular formula is C15H10F2N4OS2. The number of nitrogens with one attached hydrogen (secondary N) is 1. The minimum absolute atomic E-state index is 0.0769. The van der Waals surface area contributed by atoms with Crippen molar-refractivity contribution in [2.24, 2.45) is 0 Å². The molecule has 0 spiro atoms. The quantitative estimate of drug-likeness (QED) is 0.692. The van der Waals surface area contributed by atoms with Gasteiger partial charge in [-0.25, -0.2) is 4.98 Å². The molecule has 0 aliphatic carbocycles. The zero-order valence-electron chi connectivity index (χ0n) is 12.1. The number of nitrogens with zero attached hydrogens (tertiary/aromatic N) is 3. The maximum Gasteiger partial charge on any atom is 0.321 e. The van der Waals surface area contributed by atoms with Crippen molar-refractivity contribution in [1.82, 2.24) is 9.55 Å². The summed E-state index contributed by atoms with van der Waals surface area (Å²) in [5.41, 5.74) is 1.14. The molecule has 9 heteroatoms. The van der Waals surface area contributed by atoms with Gasteiger partial charge in [-0.1, -0.05) is 23.9 Å². The molecule has 0 unspecified atom stereocenters. The van der Waals surface area contributed by atoms with Gasteiger partial charge in [-0.15, -0.1) is 11.3 Å². The summed E-state index contributed by atoms with van der Waals surface area (Å²) in [7, 11) is 0. The number of fused-ring (bicyclic) bond motifs is 1. The Balaban J connectivity index is 1.75. The van der Waals surface area contributed by atoms with Crippen LogP contribution in [0.25, 0.3) is 11.0 Å². The van der Waals surface area contributed by atoms with E-state index in [1.165, 1.54) is 11.3 Å². The Morgan fingerprint density at radius 3 is 2.96 bits per heavy atom. The fourth-order valence-electron chi connectivity index (χ4n) is 2.10. The van der Waals surface area contributed by atoms with Crippen LogP contribution in [0.15, 0.2) is 40.9 Å². The van der Waals surface area contributed by atoms with E-state index in [4.69, 9.17) is 5.26 Å². The van der Waals surface area contributed by atoms with Gasteiger partial charge in [0.25, 0.3) is 0 Å². The van der Waals surface area contributed by atoms with Crippen LogP contribution in [-0.2, 0) is 4.79 Å². The summed E-state index contributed by atoms with van der Waals surface area (Å²) in [6.07, 6.45) is 0. The molecule has 2 heterocycles. The predicted octanol–water partition coefficient (Wildman–Crippen LogP) is 4.10.